The number of carboxylic acid groups (broad SMARTS) is 1. The molecule has 2 aromatic rings. The maximum Gasteiger partial charge on any atom is 0.339 e. The molecule has 0 amide bonds. The third kappa shape index (κ3) is 3.22. The molecule has 0 spiro atoms. The van der Waals surface area contributed by atoms with Crippen LogP contribution in [0.4, 0.5) is 5.69 Å². The lowest BCUT2D eigenvalue weighted by molar-refractivity contribution is -0.386. The highest BCUT2D eigenvalue weighted by Crippen LogP contribution is 2.35. The number of nitrogens with zero attached hydrogens (tertiary/aromatic N) is 1. The average molecular weight is 356 g/mol. The van der Waals surface area contributed by atoms with Crippen LogP contribution in [0.25, 0.3) is 0 Å². The number of rotatable bonds is 5. The Balaban J connectivity index is 2.23. The van der Waals surface area contributed by atoms with Crippen molar-refractivity contribution in [2.24, 2.45) is 0 Å². The van der Waals surface area contributed by atoms with Crippen LogP contribution in [0, 0.1) is 17.0 Å². The van der Waals surface area contributed by atoms with Crippen molar-refractivity contribution in [1.82, 2.24) is 0 Å². The van der Waals surface area contributed by atoms with Gasteiger partial charge in [0.25, 0.3) is 0 Å². The minimum atomic E-state index is -1.10. The van der Waals surface area contributed by atoms with Crippen molar-refractivity contribution >= 4 is 27.6 Å². The van der Waals surface area contributed by atoms with Gasteiger partial charge in [-0.05, 0) is 35.0 Å². The Hall–Kier alpha value is -2.35. The first kappa shape index (κ1) is 15.0. The highest BCUT2D eigenvalue weighted by molar-refractivity contribution is 9.10. The Morgan fingerprint density at radius 2 is 2.24 bits per heavy atom. The summed E-state index contributed by atoms with van der Waals surface area (Å²) in [6.07, 6.45) is 0. The van der Waals surface area contributed by atoms with Crippen LogP contribution in [0.3, 0.4) is 0 Å². The van der Waals surface area contributed by atoms with E-state index in [1.165, 1.54) is 25.1 Å². The highest BCUT2D eigenvalue weighted by Gasteiger charge is 2.19. The van der Waals surface area contributed by atoms with Gasteiger partial charge in [-0.1, -0.05) is 6.07 Å². The summed E-state index contributed by atoms with van der Waals surface area (Å²) in [5.74, 6) is -0.513. The van der Waals surface area contributed by atoms with E-state index in [9.17, 15) is 14.9 Å². The van der Waals surface area contributed by atoms with Gasteiger partial charge in [0, 0.05) is 6.07 Å². The minimum Gasteiger partial charge on any atom is -0.478 e. The normalized spacial score (nSPS) is 10.4. The van der Waals surface area contributed by atoms with Crippen molar-refractivity contribution in [1.29, 1.82) is 0 Å². The lowest BCUT2D eigenvalue weighted by atomic mass is 10.2. The molecular formula is C13H10BrNO6. The van der Waals surface area contributed by atoms with Crippen LogP contribution < -0.4 is 4.74 Å². The van der Waals surface area contributed by atoms with Crippen LogP contribution >= 0.6 is 15.9 Å². The molecule has 1 heterocycles. The summed E-state index contributed by atoms with van der Waals surface area (Å²) in [6.45, 7) is 1.41. The second-order valence-corrected chi connectivity index (χ2v) is 4.98. The Bertz CT molecular complexity index is 709. The number of aryl methyl sites for hydroxylation is 1. The molecule has 0 fully saturated rings. The van der Waals surface area contributed by atoms with Crippen LogP contribution in [-0.2, 0) is 6.61 Å². The van der Waals surface area contributed by atoms with E-state index in [0.717, 1.165) is 0 Å². The molecule has 1 aromatic carbocycles. The first-order chi connectivity index (χ1) is 9.90. The zero-order chi connectivity index (χ0) is 15.6. The molecular weight excluding hydrogens is 346 g/mol. The number of furan rings is 1. The number of carbonyl (C=O) groups is 1. The molecule has 0 radical (unpaired) electrons. The van der Waals surface area contributed by atoms with E-state index in [-0.39, 0.29) is 35.1 Å². The van der Waals surface area contributed by atoms with Gasteiger partial charge < -0.3 is 14.3 Å². The lowest BCUT2D eigenvalue weighted by Gasteiger charge is -2.06. The molecule has 2 rings (SSSR count). The van der Waals surface area contributed by atoms with E-state index in [0.29, 0.717) is 4.47 Å². The van der Waals surface area contributed by atoms with Gasteiger partial charge in [-0.15, -0.1) is 0 Å². The van der Waals surface area contributed by atoms with Crippen LogP contribution in [-0.4, -0.2) is 16.0 Å². The van der Waals surface area contributed by atoms with E-state index >= 15 is 0 Å². The fourth-order valence-corrected chi connectivity index (χ4v) is 2.22. The van der Waals surface area contributed by atoms with E-state index in [1.54, 1.807) is 6.07 Å². The number of nitro groups is 1. The summed E-state index contributed by atoms with van der Waals surface area (Å²) in [6, 6.07) is 5.78. The summed E-state index contributed by atoms with van der Waals surface area (Å²) >= 11 is 3.18. The van der Waals surface area contributed by atoms with Gasteiger partial charge in [0.15, 0.2) is 0 Å². The lowest BCUT2D eigenvalue weighted by Crippen LogP contribution is -1.99. The van der Waals surface area contributed by atoms with Gasteiger partial charge in [0.1, 0.15) is 23.7 Å². The standard InChI is InChI=1S/C13H10BrNO6/c1-7-9(13(16)17)5-8(21-7)6-20-12-10(14)3-2-4-11(12)15(18)19/h2-5H,6H2,1H3,(H,16,17). The quantitative estimate of drug-likeness (QED) is 0.649. The largest absolute Gasteiger partial charge is 0.478 e. The molecule has 1 N–H and O–H groups in total. The molecule has 0 aliphatic heterocycles. The molecule has 8 heteroatoms. The summed E-state index contributed by atoms with van der Waals surface area (Å²) in [7, 11) is 0. The van der Waals surface area contributed by atoms with Crippen molar-refractivity contribution < 1.29 is 24.0 Å². The topological polar surface area (TPSA) is 103 Å². The Morgan fingerprint density at radius 3 is 2.81 bits per heavy atom. The van der Waals surface area contributed by atoms with Crippen LogP contribution in [0.5, 0.6) is 5.75 Å². The number of hydrogen-bond donors (Lipinski definition) is 1. The molecule has 0 saturated carbocycles. The fourth-order valence-electron chi connectivity index (χ4n) is 1.75. The summed E-state index contributed by atoms with van der Waals surface area (Å²) < 4.78 is 11.1. The van der Waals surface area contributed by atoms with Crippen LogP contribution in [0.1, 0.15) is 21.9 Å². The second-order valence-electron chi connectivity index (χ2n) is 4.12. The Morgan fingerprint density at radius 1 is 1.52 bits per heavy atom. The number of hydrogen-bond acceptors (Lipinski definition) is 5. The molecule has 0 aliphatic carbocycles. The maximum atomic E-state index is 10.9. The SMILES string of the molecule is Cc1oc(COc2c(Br)cccc2[N+](=O)[O-])cc1C(=O)O. The summed E-state index contributed by atoms with van der Waals surface area (Å²) in [4.78, 5) is 21.3. The van der Waals surface area contributed by atoms with E-state index < -0.39 is 10.9 Å². The van der Waals surface area contributed by atoms with E-state index in [2.05, 4.69) is 15.9 Å². The number of nitro benzene ring substituents is 1. The molecule has 0 saturated heterocycles. The third-order valence-electron chi connectivity index (χ3n) is 2.70. The molecule has 0 aliphatic rings. The van der Waals surface area contributed by atoms with E-state index in [4.69, 9.17) is 14.3 Å². The fraction of sp³-hybridized carbons (Fsp3) is 0.154. The minimum absolute atomic E-state index is 0.0372. The monoisotopic (exact) mass is 355 g/mol. The predicted octanol–water partition coefficient (Wildman–Crippen LogP) is 3.54. The molecule has 0 atom stereocenters. The van der Waals surface area contributed by atoms with Crippen molar-refractivity contribution in [3.8, 4) is 5.75 Å². The highest BCUT2D eigenvalue weighted by atomic mass is 79.9. The van der Waals surface area contributed by atoms with Gasteiger partial charge in [-0.3, -0.25) is 10.1 Å². The van der Waals surface area contributed by atoms with Gasteiger partial charge in [-0.2, -0.15) is 0 Å². The van der Waals surface area contributed by atoms with Crippen LogP contribution in [0.15, 0.2) is 33.2 Å². The van der Waals surface area contributed by atoms with Crippen molar-refractivity contribution in [2.45, 2.75) is 13.5 Å². The van der Waals surface area contributed by atoms with Crippen LogP contribution in [0.2, 0.25) is 0 Å². The zero-order valence-electron chi connectivity index (χ0n) is 10.8. The molecule has 110 valence electrons. The van der Waals surface area contributed by atoms with Crippen molar-refractivity contribution in [3.05, 3.63) is 55.9 Å². The molecule has 0 unspecified atom stereocenters. The summed E-state index contributed by atoms with van der Waals surface area (Å²) in [5.41, 5.74) is -0.152. The Kier molecular flexibility index (Phi) is 4.27. The van der Waals surface area contributed by atoms with Crippen molar-refractivity contribution in [3.63, 3.8) is 0 Å². The maximum absolute atomic E-state index is 10.9. The number of ether oxygens (including phenoxy) is 1. The molecule has 7 nitrogen and oxygen atoms in total. The smallest absolute Gasteiger partial charge is 0.339 e. The third-order valence-corrected chi connectivity index (χ3v) is 3.33. The van der Waals surface area contributed by atoms with E-state index in [1.807, 2.05) is 0 Å². The Labute approximate surface area is 127 Å². The second kappa shape index (κ2) is 5.96. The van der Waals surface area contributed by atoms with Gasteiger partial charge >= 0.3 is 11.7 Å². The van der Waals surface area contributed by atoms with Gasteiger partial charge in [0.05, 0.1) is 9.40 Å². The molecule has 1 aromatic heterocycles. The molecule has 21 heavy (non-hydrogen) atoms. The number of carboxylic acids is 1. The molecule has 0 bridgehead atoms. The van der Waals surface area contributed by atoms with Gasteiger partial charge in [0.2, 0.25) is 5.75 Å². The number of para-hydroxylation sites is 1. The first-order valence-corrected chi connectivity index (χ1v) is 6.57. The zero-order valence-corrected chi connectivity index (χ0v) is 12.4. The number of aromatic carboxylic acids is 1. The number of halogens is 1. The average Bonchev–Trinajstić information content (AvgIpc) is 2.78. The predicted molar refractivity (Wildman–Crippen MR) is 75.5 cm³/mol. The summed E-state index contributed by atoms with van der Waals surface area (Å²) in [5, 5.41) is 19.9. The number of benzene rings is 1. The van der Waals surface area contributed by atoms with Gasteiger partial charge in [-0.25, -0.2) is 4.79 Å². The van der Waals surface area contributed by atoms with Crippen molar-refractivity contribution in [2.75, 3.05) is 0 Å². The first-order valence-electron chi connectivity index (χ1n) is 5.78.